The summed E-state index contributed by atoms with van der Waals surface area (Å²) >= 11 is 0. The van der Waals surface area contributed by atoms with Crippen LogP contribution in [0.4, 0.5) is 0 Å². The lowest BCUT2D eigenvalue weighted by Gasteiger charge is -2.38. The van der Waals surface area contributed by atoms with Gasteiger partial charge in [0.05, 0.1) is 0 Å². The summed E-state index contributed by atoms with van der Waals surface area (Å²) in [4.78, 5) is 0. The lowest BCUT2D eigenvalue weighted by molar-refractivity contribution is 0.425. The van der Waals surface area contributed by atoms with Crippen molar-refractivity contribution in [2.24, 2.45) is 0 Å². The third kappa shape index (κ3) is 4.31. The Morgan fingerprint density at radius 2 is 0.919 bits per heavy atom. The summed E-state index contributed by atoms with van der Waals surface area (Å²) in [6.07, 6.45) is 0. The molecular formula is C34H30OP2. The van der Waals surface area contributed by atoms with Gasteiger partial charge in [0.15, 0.2) is 0 Å². The maximum Gasteiger partial charge on any atom is 0.139 e. The van der Waals surface area contributed by atoms with Crippen molar-refractivity contribution in [3.8, 4) is 11.5 Å². The monoisotopic (exact) mass is 516 g/mol. The minimum atomic E-state index is -0.780. The van der Waals surface area contributed by atoms with Gasteiger partial charge in [0, 0.05) is 27.2 Å². The van der Waals surface area contributed by atoms with Crippen LogP contribution in [0, 0.1) is 0 Å². The average molecular weight is 517 g/mol. The summed E-state index contributed by atoms with van der Waals surface area (Å²) in [5.41, 5.74) is 2.36. The molecule has 0 aliphatic carbocycles. The Morgan fingerprint density at radius 3 is 1.43 bits per heavy atom. The summed E-state index contributed by atoms with van der Waals surface area (Å²) in [6.45, 7) is 7.03. The number of ether oxygens (including phenoxy) is 1. The Labute approximate surface area is 222 Å². The number of hydrogen-bond donors (Lipinski definition) is 0. The summed E-state index contributed by atoms with van der Waals surface area (Å²) in [5, 5.41) is 6.61. The zero-order chi connectivity index (χ0) is 25.4. The van der Waals surface area contributed by atoms with E-state index in [0.717, 1.165) is 11.5 Å². The van der Waals surface area contributed by atoms with E-state index in [1.54, 1.807) is 0 Å². The van der Waals surface area contributed by atoms with E-state index in [1.807, 2.05) is 0 Å². The lowest BCUT2D eigenvalue weighted by Crippen LogP contribution is -2.32. The number of rotatable bonds is 5. The first kappa shape index (κ1) is 24.1. The van der Waals surface area contributed by atoms with Crippen LogP contribution in [0.2, 0.25) is 0 Å². The first-order valence-corrected chi connectivity index (χ1v) is 15.8. The number of hydrogen-bond acceptors (Lipinski definition) is 1. The molecule has 0 amide bonds. The first-order chi connectivity index (χ1) is 18.1. The average Bonchev–Trinajstić information content (AvgIpc) is 2.95. The van der Waals surface area contributed by atoms with Crippen LogP contribution in [0.25, 0.3) is 0 Å². The van der Waals surface area contributed by atoms with E-state index in [0.29, 0.717) is 0 Å². The zero-order valence-corrected chi connectivity index (χ0v) is 23.2. The summed E-state index contributed by atoms with van der Waals surface area (Å²) < 4.78 is 7.07. The number of benzene rings is 5. The molecule has 0 saturated heterocycles. The molecule has 5 aromatic rings. The second-order valence-corrected chi connectivity index (χ2v) is 14.2. The second kappa shape index (κ2) is 9.90. The Morgan fingerprint density at radius 1 is 0.486 bits per heavy atom. The predicted octanol–water partition coefficient (Wildman–Crippen LogP) is 6.94. The fourth-order valence-corrected chi connectivity index (χ4v) is 9.39. The molecule has 0 N–H and O–H groups in total. The van der Waals surface area contributed by atoms with Crippen molar-refractivity contribution < 1.29 is 4.74 Å². The van der Waals surface area contributed by atoms with Crippen LogP contribution >= 0.6 is 15.8 Å². The highest BCUT2D eigenvalue weighted by molar-refractivity contribution is 7.80. The molecule has 1 heterocycles. The van der Waals surface area contributed by atoms with Crippen LogP contribution in [0.5, 0.6) is 11.5 Å². The van der Waals surface area contributed by atoms with Crippen molar-refractivity contribution in [3.05, 3.63) is 139 Å². The molecule has 6 rings (SSSR count). The topological polar surface area (TPSA) is 9.23 Å². The molecule has 0 spiro atoms. The highest BCUT2D eigenvalue weighted by atomic mass is 31.1. The first-order valence-electron chi connectivity index (χ1n) is 12.7. The molecule has 0 saturated carbocycles. The molecule has 37 heavy (non-hydrogen) atoms. The van der Waals surface area contributed by atoms with Crippen LogP contribution < -0.4 is 31.3 Å². The van der Waals surface area contributed by atoms with E-state index in [-0.39, 0.29) is 5.41 Å². The van der Waals surface area contributed by atoms with Crippen LogP contribution in [0.1, 0.15) is 25.0 Å². The largest absolute Gasteiger partial charge is 0.455 e. The number of para-hydroxylation sites is 2. The van der Waals surface area contributed by atoms with Crippen LogP contribution in [-0.4, -0.2) is 6.66 Å². The quantitative estimate of drug-likeness (QED) is 0.230. The zero-order valence-electron chi connectivity index (χ0n) is 21.4. The van der Waals surface area contributed by atoms with Crippen LogP contribution in [-0.2, 0) is 5.41 Å². The highest BCUT2D eigenvalue weighted by Crippen LogP contribution is 2.51. The maximum absolute atomic E-state index is 7.07. The van der Waals surface area contributed by atoms with Crippen molar-refractivity contribution in [1.29, 1.82) is 0 Å². The van der Waals surface area contributed by atoms with Crippen molar-refractivity contribution in [1.82, 2.24) is 0 Å². The van der Waals surface area contributed by atoms with Gasteiger partial charge in [-0.1, -0.05) is 141 Å². The fraction of sp³-hybridized carbons (Fsp3) is 0.118. The van der Waals surface area contributed by atoms with E-state index in [2.05, 4.69) is 148 Å². The van der Waals surface area contributed by atoms with Gasteiger partial charge in [-0.25, -0.2) is 0 Å². The van der Waals surface area contributed by atoms with Crippen LogP contribution in [0.3, 0.4) is 0 Å². The standard InChI is InChI=1S/C34H30OP2/c1-34(2)28-21-13-23-30(36(3)25-15-7-4-8-16-25)32(28)35-33-29(34)22-14-24-31(33)37(26-17-9-5-10-18-26)27-19-11-6-12-20-27/h4-24H,1-3H3. The molecule has 3 heteroatoms. The molecule has 0 aromatic heterocycles. The molecule has 0 fully saturated rings. The summed E-state index contributed by atoms with van der Waals surface area (Å²) in [6, 6.07) is 46.1. The summed E-state index contributed by atoms with van der Waals surface area (Å²) in [5.74, 6) is 2.07. The van der Waals surface area contributed by atoms with E-state index in [4.69, 9.17) is 4.74 Å². The van der Waals surface area contributed by atoms with Gasteiger partial charge in [-0.3, -0.25) is 0 Å². The third-order valence-electron chi connectivity index (χ3n) is 7.31. The molecule has 1 aliphatic heterocycles. The normalized spacial score (nSPS) is 14.4. The van der Waals surface area contributed by atoms with Crippen molar-refractivity contribution in [2.45, 2.75) is 19.3 Å². The third-order valence-corrected chi connectivity index (χ3v) is 11.9. The van der Waals surface area contributed by atoms with Gasteiger partial charge in [0.25, 0.3) is 0 Å². The van der Waals surface area contributed by atoms with Gasteiger partial charge in [0.2, 0.25) is 0 Å². The van der Waals surface area contributed by atoms with E-state index in [9.17, 15) is 0 Å². The Bertz CT molecular complexity index is 1490. The van der Waals surface area contributed by atoms with E-state index in [1.165, 1.54) is 37.6 Å². The Hall–Kier alpha value is -3.24. The van der Waals surface area contributed by atoms with Crippen LogP contribution in [0.15, 0.2) is 127 Å². The van der Waals surface area contributed by atoms with Gasteiger partial charge in [-0.15, -0.1) is 0 Å². The van der Waals surface area contributed by atoms with Crippen molar-refractivity contribution in [3.63, 3.8) is 0 Å². The highest BCUT2D eigenvalue weighted by Gasteiger charge is 2.38. The van der Waals surface area contributed by atoms with Gasteiger partial charge in [-0.2, -0.15) is 0 Å². The molecule has 1 unspecified atom stereocenters. The fourth-order valence-electron chi connectivity index (χ4n) is 5.31. The van der Waals surface area contributed by atoms with E-state index >= 15 is 0 Å². The van der Waals surface area contributed by atoms with Crippen molar-refractivity contribution in [2.75, 3.05) is 6.66 Å². The SMILES string of the molecule is CP(c1ccccc1)c1cccc2c1Oc1c(P(c3ccccc3)c3ccccc3)cccc1C2(C)C. The summed E-state index contributed by atoms with van der Waals surface area (Å²) in [7, 11) is -1.33. The maximum atomic E-state index is 7.07. The molecule has 1 atom stereocenters. The smallest absolute Gasteiger partial charge is 0.139 e. The number of fused-ring (bicyclic) bond motifs is 2. The minimum Gasteiger partial charge on any atom is -0.455 e. The predicted molar refractivity (Wildman–Crippen MR) is 162 cm³/mol. The van der Waals surface area contributed by atoms with Crippen molar-refractivity contribution >= 4 is 42.4 Å². The molecule has 1 aliphatic rings. The van der Waals surface area contributed by atoms with Gasteiger partial charge in [-0.05, 0) is 38.4 Å². The minimum absolute atomic E-state index is 0.170. The Kier molecular flexibility index (Phi) is 6.46. The van der Waals surface area contributed by atoms with E-state index < -0.39 is 15.8 Å². The molecule has 0 radical (unpaired) electrons. The molecule has 5 aromatic carbocycles. The van der Waals surface area contributed by atoms with Gasteiger partial charge >= 0.3 is 0 Å². The molecule has 0 bridgehead atoms. The second-order valence-electron chi connectivity index (χ2n) is 9.94. The molecule has 182 valence electrons. The van der Waals surface area contributed by atoms with Gasteiger partial charge < -0.3 is 4.74 Å². The lowest BCUT2D eigenvalue weighted by atomic mass is 9.76. The molecular weight excluding hydrogens is 486 g/mol. The Balaban J connectivity index is 1.55. The van der Waals surface area contributed by atoms with Gasteiger partial charge in [0.1, 0.15) is 11.5 Å². The molecule has 1 nitrogen and oxygen atoms in total.